The van der Waals surface area contributed by atoms with Gasteiger partial charge in [-0.25, -0.2) is 4.39 Å². The van der Waals surface area contributed by atoms with Crippen LogP contribution in [0.3, 0.4) is 0 Å². The fourth-order valence-corrected chi connectivity index (χ4v) is 1.50. The molecule has 0 fully saturated rings. The van der Waals surface area contributed by atoms with Gasteiger partial charge in [-0.1, -0.05) is 13.8 Å². The third kappa shape index (κ3) is 2.94. The highest BCUT2D eigenvalue weighted by atomic mass is 19.1. The van der Waals surface area contributed by atoms with Gasteiger partial charge in [0.25, 0.3) is 0 Å². The summed E-state index contributed by atoms with van der Waals surface area (Å²) >= 11 is 0. The van der Waals surface area contributed by atoms with Crippen molar-refractivity contribution in [2.24, 2.45) is 5.92 Å². The van der Waals surface area contributed by atoms with E-state index in [0.29, 0.717) is 17.9 Å². The van der Waals surface area contributed by atoms with Gasteiger partial charge in [0.15, 0.2) is 0 Å². The van der Waals surface area contributed by atoms with Gasteiger partial charge in [0.05, 0.1) is 5.46 Å². The number of phenolic OH excluding ortho intramolecular Hbond substituents is 1. The van der Waals surface area contributed by atoms with E-state index < -0.39 is 24.1 Å². The topological polar surface area (TPSA) is 60.7 Å². The highest BCUT2D eigenvalue weighted by Crippen LogP contribution is 2.16. The molecule has 82 valence electrons. The van der Waals surface area contributed by atoms with Crippen LogP contribution in [0.2, 0.25) is 0 Å². The lowest BCUT2D eigenvalue weighted by molar-refractivity contribution is 0.415. The number of rotatable bonds is 3. The molecule has 1 aromatic rings. The van der Waals surface area contributed by atoms with Crippen LogP contribution in [0.1, 0.15) is 19.4 Å². The average Bonchev–Trinajstić information content (AvgIpc) is 1.99. The van der Waals surface area contributed by atoms with Crippen molar-refractivity contribution in [1.82, 2.24) is 0 Å². The van der Waals surface area contributed by atoms with Crippen molar-refractivity contribution in [3.05, 3.63) is 23.5 Å². The smallest absolute Gasteiger partial charge is 0.495 e. The predicted molar refractivity (Wildman–Crippen MR) is 56.4 cm³/mol. The van der Waals surface area contributed by atoms with E-state index in [2.05, 4.69) is 0 Å². The van der Waals surface area contributed by atoms with E-state index in [4.69, 9.17) is 10.0 Å². The van der Waals surface area contributed by atoms with Crippen molar-refractivity contribution >= 4 is 12.6 Å². The number of halogens is 1. The fraction of sp³-hybridized carbons (Fsp3) is 0.400. The van der Waals surface area contributed by atoms with Crippen LogP contribution in [0.5, 0.6) is 5.75 Å². The minimum Gasteiger partial charge on any atom is -0.508 e. The van der Waals surface area contributed by atoms with Crippen molar-refractivity contribution < 1.29 is 19.5 Å². The summed E-state index contributed by atoms with van der Waals surface area (Å²) in [6.07, 6.45) is 0.631. The molecular weight excluding hydrogens is 198 g/mol. The minimum atomic E-state index is -1.99. The molecule has 3 nitrogen and oxygen atoms in total. The quantitative estimate of drug-likeness (QED) is 0.636. The summed E-state index contributed by atoms with van der Waals surface area (Å²) in [6, 6.07) is 2.58. The minimum absolute atomic E-state index is 0.341. The SMILES string of the molecule is CC(C)Cc1cc(O)c(B(O)O)c(F)c1. The zero-order valence-electron chi connectivity index (χ0n) is 8.74. The molecule has 3 N–H and O–H groups in total. The molecule has 0 saturated carbocycles. The van der Waals surface area contributed by atoms with E-state index in [0.717, 1.165) is 0 Å². The second kappa shape index (κ2) is 4.64. The molecule has 0 unspecified atom stereocenters. The largest absolute Gasteiger partial charge is 0.508 e. The van der Waals surface area contributed by atoms with Crippen LogP contribution >= 0.6 is 0 Å². The monoisotopic (exact) mass is 212 g/mol. The van der Waals surface area contributed by atoms with Gasteiger partial charge in [0, 0.05) is 0 Å². The van der Waals surface area contributed by atoms with E-state index in [-0.39, 0.29) is 0 Å². The van der Waals surface area contributed by atoms with Gasteiger partial charge in [0.2, 0.25) is 0 Å². The molecule has 0 heterocycles. The van der Waals surface area contributed by atoms with Crippen LogP contribution < -0.4 is 5.46 Å². The molecule has 0 aliphatic carbocycles. The van der Waals surface area contributed by atoms with Crippen LogP contribution in [0, 0.1) is 11.7 Å². The molecule has 1 rings (SSSR count). The number of hydrogen-bond donors (Lipinski definition) is 3. The van der Waals surface area contributed by atoms with E-state index in [1.54, 1.807) is 0 Å². The third-order valence-electron chi connectivity index (χ3n) is 2.07. The van der Waals surface area contributed by atoms with E-state index in [1.165, 1.54) is 12.1 Å². The fourth-order valence-electron chi connectivity index (χ4n) is 1.50. The molecule has 0 radical (unpaired) electrons. The van der Waals surface area contributed by atoms with E-state index >= 15 is 0 Å². The van der Waals surface area contributed by atoms with Crippen molar-refractivity contribution in [1.29, 1.82) is 0 Å². The van der Waals surface area contributed by atoms with Gasteiger partial charge in [-0.2, -0.15) is 0 Å². The Morgan fingerprint density at radius 1 is 1.33 bits per heavy atom. The van der Waals surface area contributed by atoms with Crippen LogP contribution in [-0.4, -0.2) is 22.3 Å². The summed E-state index contributed by atoms with van der Waals surface area (Å²) in [5.74, 6) is -0.866. The zero-order valence-corrected chi connectivity index (χ0v) is 8.74. The van der Waals surface area contributed by atoms with Crippen molar-refractivity contribution in [2.75, 3.05) is 0 Å². The molecule has 0 aliphatic rings. The number of hydrogen-bond acceptors (Lipinski definition) is 3. The van der Waals surface area contributed by atoms with Gasteiger partial charge in [-0.3, -0.25) is 0 Å². The van der Waals surface area contributed by atoms with Crippen LogP contribution in [0.4, 0.5) is 4.39 Å². The maximum atomic E-state index is 13.3. The lowest BCUT2D eigenvalue weighted by Crippen LogP contribution is -2.33. The number of benzene rings is 1. The second-order valence-electron chi connectivity index (χ2n) is 3.98. The highest BCUT2D eigenvalue weighted by Gasteiger charge is 2.22. The molecule has 5 heteroatoms. The van der Waals surface area contributed by atoms with Gasteiger partial charge in [-0.05, 0) is 30.0 Å². The Morgan fingerprint density at radius 3 is 2.33 bits per heavy atom. The third-order valence-corrected chi connectivity index (χ3v) is 2.07. The summed E-state index contributed by atoms with van der Waals surface area (Å²) in [6.45, 7) is 3.95. The molecule has 0 spiro atoms. The predicted octanol–water partition coefficient (Wildman–Crippen LogP) is 0.410. The first kappa shape index (κ1) is 12.0. The Labute approximate surface area is 88.3 Å². The van der Waals surface area contributed by atoms with Crippen molar-refractivity contribution in [3.63, 3.8) is 0 Å². The Balaban J connectivity index is 3.08. The average molecular weight is 212 g/mol. The lowest BCUT2D eigenvalue weighted by Gasteiger charge is -2.09. The highest BCUT2D eigenvalue weighted by molar-refractivity contribution is 6.59. The summed E-state index contributed by atoms with van der Waals surface area (Å²) in [4.78, 5) is 0. The second-order valence-corrected chi connectivity index (χ2v) is 3.98. The van der Waals surface area contributed by atoms with Crippen LogP contribution in [-0.2, 0) is 6.42 Å². The molecule has 15 heavy (non-hydrogen) atoms. The van der Waals surface area contributed by atoms with Gasteiger partial charge in [-0.15, -0.1) is 0 Å². The molecule has 0 saturated heterocycles. The first-order valence-corrected chi connectivity index (χ1v) is 4.79. The molecule has 0 atom stereocenters. The van der Waals surface area contributed by atoms with Gasteiger partial charge < -0.3 is 15.2 Å². The molecule has 1 aromatic carbocycles. The standard InChI is InChI=1S/C10H14BFO3/c1-6(2)3-7-4-8(12)10(11(14)15)9(13)5-7/h4-6,13-15H,3H2,1-2H3. The Hall–Kier alpha value is -1.07. The molecule has 0 aliphatic heterocycles. The summed E-state index contributed by atoms with van der Waals surface area (Å²) in [7, 11) is -1.99. The van der Waals surface area contributed by atoms with Crippen molar-refractivity contribution in [3.8, 4) is 5.75 Å². The van der Waals surface area contributed by atoms with Gasteiger partial charge in [0.1, 0.15) is 11.6 Å². The number of phenols is 1. The summed E-state index contributed by atoms with van der Waals surface area (Å²) < 4.78 is 13.3. The first-order chi connectivity index (χ1) is 6.91. The zero-order chi connectivity index (χ0) is 11.6. The van der Waals surface area contributed by atoms with E-state index in [1.807, 2.05) is 13.8 Å². The molecule has 0 aromatic heterocycles. The maximum absolute atomic E-state index is 13.3. The Kier molecular flexibility index (Phi) is 3.71. The summed E-state index contributed by atoms with van der Waals surface area (Å²) in [5.41, 5.74) is 0.173. The molecule has 0 bridgehead atoms. The normalized spacial score (nSPS) is 10.8. The first-order valence-electron chi connectivity index (χ1n) is 4.79. The van der Waals surface area contributed by atoms with E-state index in [9.17, 15) is 9.50 Å². The lowest BCUT2D eigenvalue weighted by atomic mass is 9.78. The van der Waals surface area contributed by atoms with Crippen LogP contribution in [0.15, 0.2) is 12.1 Å². The summed E-state index contributed by atoms with van der Waals surface area (Å²) in [5, 5.41) is 27.0. The van der Waals surface area contributed by atoms with Gasteiger partial charge >= 0.3 is 7.12 Å². The Morgan fingerprint density at radius 2 is 1.93 bits per heavy atom. The number of aromatic hydroxyl groups is 1. The Bertz CT molecular complexity index is 330. The maximum Gasteiger partial charge on any atom is 0.495 e. The van der Waals surface area contributed by atoms with Crippen LogP contribution in [0.25, 0.3) is 0 Å². The molecule has 0 amide bonds. The molecular formula is C10H14BFO3. The van der Waals surface area contributed by atoms with Crippen molar-refractivity contribution in [2.45, 2.75) is 20.3 Å².